The van der Waals surface area contributed by atoms with Crippen molar-refractivity contribution in [2.45, 2.75) is 309 Å². The zero-order valence-electron chi connectivity index (χ0n) is 42.4. The van der Waals surface area contributed by atoms with Crippen LogP contribution in [0.4, 0.5) is 0 Å². The fraction of sp³-hybridized carbons (Fsp3) is 0.877. The fourth-order valence-electron chi connectivity index (χ4n) is 8.20. The number of unbranched alkanes of at least 4 members (excludes halogenated alkanes) is 36. The molecular weight excluding hydrogens is 781 g/mol. The summed E-state index contributed by atoms with van der Waals surface area (Å²) in [4.78, 5) is 38.1. The van der Waals surface area contributed by atoms with E-state index in [0.717, 1.165) is 57.8 Å². The molecule has 6 heteroatoms. The lowest BCUT2D eigenvalue weighted by molar-refractivity contribution is -0.167. The number of allylic oxidation sites excluding steroid dienone is 4. The lowest BCUT2D eigenvalue weighted by Crippen LogP contribution is -2.30. The molecular formula is C57H106O6. The first kappa shape index (κ1) is 60.9. The summed E-state index contributed by atoms with van der Waals surface area (Å²) in [7, 11) is 0. The molecule has 0 heterocycles. The maximum atomic E-state index is 12.8. The van der Waals surface area contributed by atoms with Crippen molar-refractivity contribution in [3.8, 4) is 0 Å². The largest absolute Gasteiger partial charge is 0.462 e. The van der Waals surface area contributed by atoms with Gasteiger partial charge in [-0.25, -0.2) is 0 Å². The summed E-state index contributed by atoms with van der Waals surface area (Å²) in [5.74, 6) is -0.861. The quantitative estimate of drug-likeness (QED) is 0.0262. The normalized spacial score (nSPS) is 11.7. The summed E-state index contributed by atoms with van der Waals surface area (Å²) in [6.07, 6.45) is 60.1. The highest BCUT2D eigenvalue weighted by molar-refractivity contribution is 5.71. The van der Waals surface area contributed by atoms with Crippen LogP contribution in [-0.4, -0.2) is 37.2 Å². The van der Waals surface area contributed by atoms with Crippen LogP contribution in [0.1, 0.15) is 303 Å². The van der Waals surface area contributed by atoms with Gasteiger partial charge in [0.15, 0.2) is 6.10 Å². The van der Waals surface area contributed by atoms with E-state index in [9.17, 15) is 14.4 Å². The first-order valence-electron chi connectivity index (χ1n) is 27.8. The van der Waals surface area contributed by atoms with E-state index >= 15 is 0 Å². The van der Waals surface area contributed by atoms with Gasteiger partial charge in [0.25, 0.3) is 0 Å². The van der Waals surface area contributed by atoms with Crippen LogP contribution in [-0.2, 0) is 28.6 Å². The molecule has 0 rings (SSSR count). The van der Waals surface area contributed by atoms with E-state index in [0.29, 0.717) is 19.3 Å². The summed E-state index contributed by atoms with van der Waals surface area (Å²) in [6, 6.07) is 0. The minimum absolute atomic E-state index is 0.0708. The molecule has 0 aromatic rings. The molecule has 0 radical (unpaired) electrons. The third-order valence-corrected chi connectivity index (χ3v) is 12.4. The van der Waals surface area contributed by atoms with E-state index < -0.39 is 6.10 Å². The van der Waals surface area contributed by atoms with Crippen molar-refractivity contribution in [1.82, 2.24) is 0 Å². The van der Waals surface area contributed by atoms with Gasteiger partial charge in [0.2, 0.25) is 0 Å². The van der Waals surface area contributed by atoms with Gasteiger partial charge >= 0.3 is 17.9 Å². The molecule has 0 atom stereocenters. The van der Waals surface area contributed by atoms with Gasteiger partial charge in [-0.2, -0.15) is 0 Å². The average Bonchev–Trinajstić information content (AvgIpc) is 3.28. The Morgan fingerprint density at radius 2 is 0.524 bits per heavy atom. The molecule has 370 valence electrons. The first-order valence-corrected chi connectivity index (χ1v) is 27.8. The van der Waals surface area contributed by atoms with Gasteiger partial charge in [0.1, 0.15) is 13.2 Å². The van der Waals surface area contributed by atoms with Crippen LogP contribution in [0.5, 0.6) is 0 Å². The van der Waals surface area contributed by atoms with Crippen molar-refractivity contribution in [2.75, 3.05) is 13.2 Å². The van der Waals surface area contributed by atoms with Gasteiger partial charge in [-0.05, 0) is 70.6 Å². The molecule has 0 aliphatic rings. The first-order chi connectivity index (χ1) is 31.0. The molecule has 0 aromatic carbocycles. The molecule has 0 aromatic heterocycles. The Morgan fingerprint density at radius 3 is 0.810 bits per heavy atom. The minimum atomic E-state index is -0.770. The lowest BCUT2D eigenvalue weighted by Gasteiger charge is -2.18. The Hall–Kier alpha value is -2.11. The van der Waals surface area contributed by atoms with Crippen molar-refractivity contribution in [1.29, 1.82) is 0 Å². The summed E-state index contributed by atoms with van der Waals surface area (Å²) in [5, 5.41) is 0. The van der Waals surface area contributed by atoms with Crippen molar-refractivity contribution in [2.24, 2.45) is 0 Å². The highest BCUT2D eigenvalue weighted by atomic mass is 16.6. The van der Waals surface area contributed by atoms with Gasteiger partial charge in [-0.3, -0.25) is 14.4 Å². The fourth-order valence-corrected chi connectivity index (χ4v) is 8.20. The molecule has 0 aliphatic carbocycles. The monoisotopic (exact) mass is 887 g/mol. The maximum Gasteiger partial charge on any atom is 0.306 e. The predicted molar refractivity (Wildman–Crippen MR) is 270 cm³/mol. The van der Waals surface area contributed by atoms with Crippen molar-refractivity contribution in [3.63, 3.8) is 0 Å². The summed E-state index contributed by atoms with van der Waals surface area (Å²) in [6.45, 7) is 6.65. The molecule has 6 nitrogen and oxygen atoms in total. The predicted octanol–water partition coefficient (Wildman–Crippen LogP) is 18.3. The number of ether oxygens (including phenoxy) is 3. The van der Waals surface area contributed by atoms with Crippen molar-refractivity contribution >= 4 is 17.9 Å². The van der Waals surface area contributed by atoms with E-state index in [1.54, 1.807) is 0 Å². The van der Waals surface area contributed by atoms with Gasteiger partial charge in [0, 0.05) is 19.3 Å². The van der Waals surface area contributed by atoms with E-state index in [-0.39, 0.29) is 31.1 Å². The van der Waals surface area contributed by atoms with Gasteiger partial charge in [-0.1, -0.05) is 238 Å². The zero-order valence-corrected chi connectivity index (χ0v) is 42.4. The highest BCUT2D eigenvalue weighted by Gasteiger charge is 2.19. The summed E-state index contributed by atoms with van der Waals surface area (Å²) < 4.78 is 16.9. The van der Waals surface area contributed by atoms with E-state index in [2.05, 4.69) is 45.1 Å². The molecule has 0 saturated carbocycles. The van der Waals surface area contributed by atoms with Gasteiger partial charge in [-0.15, -0.1) is 0 Å². The van der Waals surface area contributed by atoms with Crippen LogP contribution in [0.3, 0.4) is 0 Å². The number of esters is 3. The Labute approximate surface area is 392 Å². The molecule has 0 bridgehead atoms. The molecule has 0 N–H and O–H groups in total. The van der Waals surface area contributed by atoms with Crippen molar-refractivity contribution < 1.29 is 28.6 Å². The third kappa shape index (κ3) is 50.7. The molecule has 0 aliphatic heterocycles. The number of carbonyl (C=O) groups is 3. The molecule has 63 heavy (non-hydrogen) atoms. The Morgan fingerprint density at radius 1 is 0.302 bits per heavy atom. The van der Waals surface area contributed by atoms with E-state index in [4.69, 9.17) is 14.2 Å². The lowest BCUT2D eigenvalue weighted by atomic mass is 10.0. The smallest absolute Gasteiger partial charge is 0.306 e. The van der Waals surface area contributed by atoms with E-state index in [1.807, 2.05) is 0 Å². The van der Waals surface area contributed by atoms with Crippen LogP contribution in [0.15, 0.2) is 24.3 Å². The standard InChI is InChI=1S/C57H106O6/c1-4-7-10-13-16-19-22-25-28-31-34-37-40-43-46-49-55(58)61-52-54(63-57(60)51-48-45-42-39-36-33-30-27-24-21-18-15-12-9-6-3)53-62-56(59)50-47-44-41-38-35-32-29-26-23-20-17-14-11-8-5-2/h19-20,22-23,54H,4-18,21,24-53H2,1-3H3/b22-19-,23-20-. The number of rotatable bonds is 51. The number of hydrogen-bond donors (Lipinski definition) is 0. The van der Waals surface area contributed by atoms with Crippen LogP contribution >= 0.6 is 0 Å². The van der Waals surface area contributed by atoms with E-state index in [1.165, 1.54) is 205 Å². The Bertz CT molecular complexity index is 964. The second-order valence-corrected chi connectivity index (χ2v) is 18.8. The molecule has 0 amide bonds. The van der Waals surface area contributed by atoms with Gasteiger partial charge < -0.3 is 14.2 Å². The Balaban J connectivity index is 4.35. The number of carbonyl (C=O) groups excluding carboxylic acids is 3. The minimum Gasteiger partial charge on any atom is -0.462 e. The van der Waals surface area contributed by atoms with Crippen LogP contribution in [0.25, 0.3) is 0 Å². The maximum absolute atomic E-state index is 12.8. The Kier molecular flexibility index (Phi) is 50.8. The second-order valence-electron chi connectivity index (χ2n) is 18.8. The SMILES string of the molecule is CCCCCC/C=C\CCCCCCCCCC(=O)OCC(COC(=O)CCCCCCCCC/C=C\CCCCCC)OC(=O)CCCCCCCCCCCCCCCCC. The molecule has 0 fully saturated rings. The molecule has 0 saturated heterocycles. The van der Waals surface area contributed by atoms with Crippen LogP contribution in [0, 0.1) is 0 Å². The van der Waals surface area contributed by atoms with Crippen LogP contribution < -0.4 is 0 Å². The second kappa shape index (κ2) is 52.5. The third-order valence-electron chi connectivity index (χ3n) is 12.4. The average molecular weight is 887 g/mol. The van der Waals surface area contributed by atoms with Gasteiger partial charge in [0.05, 0.1) is 0 Å². The zero-order chi connectivity index (χ0) is 45.8. The summed E-state index contributed by atoms with van der Waals surface area (Å²) >= 11 is 0. The van der Waals surface area contributed by atoms with Crippen molar-refractivity contribution in [3.05, 3.63) is 24.3 Å². The highest BCUT2D eigenvalue weighted by Crippen LogP contribution is 2.16. The molecule has 0 unspecified atom stereocenters. The topological polar surface area (TPSA) is 78.9 Å². The number of hydrogen-bond acceptors (Lipinski definition) is 6. The summed E-state index contributed by atoms with van der Waals surface area (Å²) in [5.41, 5.74) is 0. The molecule has 0 spiro atoms. The van der Waals surface area contributed by atoms with Crippen LogP contribution in [0.2, 0.25) is 0 Å².